The number of rotatable bonds is 4. The highest BCUT2D eigenvalue weighted by molar-refractivity contribution is 7.15. The molecule has 2 N–H and O–H groups in total. The van der Waals surface area contributed by atoms with Crippen molar-refractivity contribution in [2.75, 3.05) is 11.9 Å². The molecular formula is C14H16N4S. The minimum absolute atomic E-state index is 0.492. The van der Waals surface area contributed by atoms with Crippen LogP contribution >= 0.6 is 11.3 Å². The molecule has 4 nitrogen and oxygen atoms in total. The minimum Gasteiger partial charge on any atom is -0.354 e. The number of hydrogen-bond donors (Lipinski definition) is 1. The molecule has 0 atom stereocenters. The van der Waals surface area contributed by atoms with Gasteiger partial charge in [0, 0.05) is 31.7 Å². The number of imidazole rings is 1. The topological polar surface area (TPSA) is 46.6 Å². The summed E-state index contributed by atoms with van der Waals surface area (Å²) in [7, 11) is 2.05. The van der Waals surface area contributed by atoms with Crippen molar-refractivity contribution in [3.63, 3.8) is 0 Å². The third-order valence-corrected chi connectivity index (χ3v) is 3.91. The number of hydrogen-bond acceptors (Lipinski definition) is 4. The second kappa shape index (κ2) is 5.03. The smallest absolute Gasteiger partial charge is 0.195 e. The van der Waals surface area contributed by atoms with Crippen molar-refractivity contribution < 1.29 is 0 Å². The Hall–Kier alpha value is -1.85. The Kier molecular flexibility index (Phi) is 3.23. The number of aromatic nitrogens is 2. The van der Waals surface area contributed by atoms with Crippen LogP contribution in [0.3, 0.4) is 0 Å². The van der Waals surface area contributed by atoms with Gasteiger partial charge < -0.3 is 10.6 Å². The summed E-state index contributed by atoms with van der Waals surface area (Å²) >= 11 is 1.63. The fraction of sp³-hybridized carbons (Fsp3) is 0.214. The summed E-state index contributed by atoms with van der Waals surface area (Å²) < 4.78 is 2.07. The van der Waals surface area contributed by atoms with Gasteiger partial charge in [-0.3, -0.25) is 4.40 Å². The van der Waals surface area contributed by atoms with Crippen LogP contribution < -0.4 is 10.6 Å². The predicted molar refractivity (Wildman–Crippen MR) is 79.5 cm³/mol. The van der Waals surface area contributed by atoms with E-state index in [2.05, 4.69) is 45.6 Å². The van der Waals surface area contributed by atoms with Gasteiger partial charge in [-0.25, -0.2) is 4.98 Å². The van der Waals surface area contributed by atoms with Gasteiger partial charge >= 0.3 is 0 Å². The van der Waals surface area contributed by atoms with Crippen molar-refractivity contribution in [3.8, 4) is 0 Å². The maximum absolute atomic E-state index is 5.87. The van der Waals surface area contributed by atoms with E-state index in [0.717, 1.165) is 23.0 Å². The van der Waals surface area contributed by atoms with Gasteiger partial charge in [-0.2, -0.15) is 0 Å². The molecule has 1 aromatic carbocycles. The molecule has 0 radical (unpaired) electrons. The van der Waals surface area contributed by atoms with Crippen LogP contribution in [0.25, 0.3) is 4.96 Å². The van der Waals surface area contributed by atoms with Crippen molar-refractivity contribution in [3.05, 3.63) is 53.2 Å². The molecule has 2 heterocycles. The number of anilines is 1. The maximum Gasteiger partial charge on any atom is 0.195 e. The molecule has 0 saturated carbocycles. The van der Waals surface area contributed by atoms with Crippen molar-refractivity contribution in [2.24, 2.45) is 5.73 Å². The van der Waals surface area contributed by atoms with Crippen LogP contribution in [0.15, 0.2) is 41.9 Å². The van der Waals surface area contributed by atoms with Crippen molar-refractivity contribution >= 4 is 22.1 Å². The molecule has 19 heavy (non-hydrogen) atoms. The van der Waals surface area contributed by atoms with Gasteiger partial charge in [0.2, 0.25) is 0 Å². The molecule has 3 rings (SSSR count). The lowest BCUT2D eigenvalue weighted by molar-refractivity contribution is 0.874. The summed E-state index contributed by atoms with van der Waals surface area (Å²) in [6.07, 6.45) is 2.02. The van der Waals surface area contributed by atoms with E-state index < -0.39 is 0 Å². The molecular weight excluding hydrogens is 256 g/mol. The Balaban J connectivity index is 1.92. The van der Waals surface area contributed by atoms with Crippen LogP contribution in [0.5, 0.6) is 0 Å². The fourth-order valence-electron chi connectivity index (χ4n) is 2.25. The molecule has 3 aromatic rings. The van der Waals surface area contributed by atoms with Crippen LogP contribution in [0.2, 0.25) is 0 Å². The lowest BCUT2D eigenvalue weighted by Gasteiger charge is -2.18. The Bertz CT molecular complexity index is 671. The van der Waals surface area contributed by atoms with E-state index in [1.807, 2.05) is 17.6 Å². The molecule has 0 aliphatic rings. The lowest BCUT2D eigenvalue weighted by atomic mass is 10.2. The zero-order valence-corrected chi connectivity index (χ0v) is 11.6. The van der Waals surface area contributed by atoms with E-state index in [1.165, 1.54) is 5.56 Å². The van der Waals surface area contributed by atoms with Gasteiger partial charge in [-0.05, 0) is 5.56 Å². The minimum atomic E-state index is 0.492. The largest absolute Gasteiger partial charge is 0.354 e. The molecule has 98 valence electrons. The number of nitrogens with two attached hydrogens (primary N) is 1. The molecule has 0 aliphatic carbocycles. The summed E-state index contributed by atoms with van der Waals surface area (Å²) in [5.74, 6) is 0.971. The number of benzene rings is 1. The molecule has 0 fully saturated rings. The van der Waals surface area contributed by atoms with Crippen LogP contribution in [-0.4, -0.2) is 16.4 Å². The number of fused-ring (bicyclic) bond motifs is 1. The normalized spacial score (nSPS) is 11.1. The first-order valence-electron chi connectivity index (χ1n) is 6.19. The van der Waals surface area contributed by atoms with Gasteiger partial charge in [0.05, 0.1) is 5.69 Å². The van der Waals surface area contributed by atoms with Crippen LogP contribution in [-0.2, 0) is 13.1 Å². The summed E-state index contributed by atoms with van der Waals surface area (Å²) in [6.45, 7) is 1.32. The maximum atomic E-state index is 5.87. The van der Waals surface area contributed by atoms with Crippen LogP contribution in [0, 0.1) is 0 Å². The zero-order valence-electron chi connectivity index (χ0n) is 10.8. The van der Waals surface area contributed by atoms with E-state index in [0.29, 0.717) is 6.54 Å². The van der Waals surface area contributed by atoms with E-state index in [4.69, 9.17) is 5.73 Å². The first-order valence-corrected chi connectivity index (χ1v) is 7.07. The average molecular weight is 272 g/mol. The highest BCUT2D eigenvalue weighted by Crippen LogP contribution is 2.24. The SMILES string of the molecule is CN(Cc1ccccc1)c1nc2sccn2c1CN. The Morgan fingerprint density at radius 1 is 1.32 bits per heavy atom. The third-order valence-electron chi connectivity index (χ3n) is 3.16. The molecule has 0 bridgehead atoms. The Labute approximate surface area is 116 Å². The fourth-order valence-corrected chi connectivity index (χ4v) is 2.98. The molecule has 0 aliphatic heterocycles. The summed E-state index contributed by atoms with van der Waals surface area (Å²) in [4.78, 5) is 7.81. The molecule has 5 heteroatoms. The predicted octanol–water partition coefficient (Wildman–Crippen LogP) is 2.49. The van der Waals surface area contributed by atoms with E-state index in [1.54, 1.807) is 11.3 Å². The Morgan fingerprint density at radius 3 is 2.84 bits per heavy atom. The van der Waals surface area contributed by atoms with Gasteiger partial charge in [0.15, 0.2) is 10.8 Å². The molecule has 0 saturated heterocycles. The third kappa shape index (κ3) is 2.22. The molecule has 0 amide bonds. The quantitative estimate of drug-likeness (QED) is 0.793. The number of nitrogens with zero attached hydrogens (tertiary/aromatic N) is 3. The standard InChI is InChI=1S/C14H16N4S/c1-17(10-11-5-3-2-4-6-11)13-12(9-15)18-7-8-19-14(18)16-13/h2-8H,9-10,15H2,1H3. The summed E-state index contributed by atoms with van der Waals surface area (Å²) in [5.41, 5.74) is 8.20. The van der Waals surface area contributed by atoms with Gasteiger partial charge in [0.25, 0.3) is 0 Å². The second-order valence-electron chi connectivity index (χ2n) is 4.48. The van der Waals surface area contributed by atoms with E-state index >= 15 is 0 Å². The van der Waals surface area contributed by atoms with Gasteiger partial charge in [-0.15, -0.1) is 11.3 Å². The summed E-state index contributed by atoms with van der Waals surface area (Å²) in [6, 6.07) is 10.4. The highest BCUT2D eigenvalue weighted by atomic mass is 32.1. The average Bonchev–Trinajstić information content (AvgIpc) is 2.99. The van der Waals surface area contributed by atoms with Crippen LogP contribution in [0.1, 0.15) is 11.3 Å². The zero-order chi connectivity index (χ0) is 13.2. The monoisotopic (exact) mass is 272 g/mol. The highest BCUT2D eigenvalue weighted by Gasteiger charge is 2.15. The number of thiazole rings is 1. The molecule has 2 aromatic heterocycles. The second-order valence-corrected chi connectivity index (χ2v) is 5.36. The summed E-state index contributed by atoms with van der Waals surface area (Å²) in [5, 5.41) is 2.03. The van der Waals surface area contributed by atoms with Gasteiger partial charge in [-0.1, -0.05) is 30.3 Å². The van der Waals surface area contributed by atoms with E-state index in [9.17, 15) is 0 Å². The van der Waals surface area contributed by atoms with E-state index in [-0.39, 0.29) is 0 Å². The Morgan fingerprint density at radius 2 is 2.11 bits per heavy atom. The van der Waals surface area contributed by atoms with Crippen molar-refractivity contribution in [1.29, 1.82) is 0 Å². The first kappa shape index (κ1) is 12.2. The van der Waals surface area contributed by atoms with Crippen molar-refractivity contribution in [1.82, 2.24) is 9.38 Å². The molecule has 0 spiro atoms. The first-order chi connectivity index (χ1) is 9.29. The lowest BCUT2D eigenvalue weighted by Crippen LogP contribution is -2.19. The van der Waals surface area contributed by atoms with Crippen LogP contribution in [0.4, 0.5) is 5.82 Å². The van der Waals surface area contributed by atoms with Gasteiger partial charge in [0.1, 0.15) is 0 Å². The van der Waals surface area contributed by atoms with Crippen molar-refractivity contribution in [2.45, 2.75) is 13.1 Å². The molecule has 0 unspecified atom stereocenters.